The summed E-state index contributed by atoms with van der Waals surface area (Å²) in [6, 6.07) is 16.7. The number of nitrogens with one attached hydrogen (secondary N) is 1. The number of rotatable bonds is 8. The van der Waals surface area contributed by atoms with E-state index in [1.807, 2.05) is 61.5 Å². The lowest BCUT2D eigenvalue weighted by atomic mass is 10.0. The van der Waals surface area contributed by atoms with Crippen LogP contribution in [0.4, 0.5) is 0 Å². The third-order valence-electron chi connectivity index (χ3n) is 5.17. The van der Waals surface area contributed by atoms with Gasteiger partial charge in [0.15, 0.2) is 5.11 Å². The molecule has 3 aromatic rings. The van der Waals surface area contributed by atoms with Gasteiger partial charge in [0.1, 0.15) is 29.9 Å². The minimum absolute atomic E-state index is 0.0206. The topological polar surface area (TPSA) is 76.8 Å². The lowest BCUT2D eigenvalue weighted by molar-refractivity contribution is -0.143. The van der Waals surface area contributed by atoms with Gasteiger partial charge in [-0.15, -0.1) is 0 Å². The van der Waals surface area contributed by atoms with Crippen LogP contribution in [0.1, 0.15) is 37.4 Å². The number of thiocarbonyl (C=S) groups is 1. The number of benzene rings is 1. The molecule has 7 nitrogen and oxygen atoms in total. The minimum Gasteiger partial charge on any atom is -0.494 e. The highest BCUT2D eigenvalue weighted by molar-refractivity contribution is 7.80. The zero-order chi connectivity index (χ0) is 22.5. The van der Waals surface area contributed by atoms with E-state index in [-0.39, 0.29) is 24.6 Å². The van der Waals surface area contributed by atoms with Crippen molar-refractivity contribution in [1.29, 1.82) is 0 Å². The molecule has 166 valence electrons. The Balaban J connectivity index is 1.66. The van der Waals surface area contributed by atoms with Gasteiger partial charge in [-0.25, -0.2) is 0 Å². The maximum atomic E-state index is 12.3. The van der Waals surface area contributed by atoms with Crippen molar-refractivity contribution in [2.75, 3.05) is 19.8 Å². The Morgan fingerprint density at radius 2 is 1.94 bits per heavy atom. The first kappa shape index (κ1) is 21.8. The number of aromatic nitrogens is 1. The highest BCUT2D eigenvalue weighted by Crippen LogP contribution is 2.40. The first-order valence-electron chi connectivity index (χ1n) is 10.6. The van der Waals surface area contributed by atoms with Crippen LogP contribution < -0.4 is 10.1 Å². The molecule has 3 heterocycles. The molecule has 4 rings (SSSR count). The van der Waals surface area contributed by atoms with Gasteiger partial charge in [-0.05, 0) is 74.6 Å². The monoisotopic (exact) mass is 451 g/mol. The number of furan rings is 1. The Hall–Kier alpha value is -3.39. The number of ether oxygens (including phenoxy) is 2. The van der Waals surface area contributed by atoms with Crippen LogP contribution in [0.5, 0.6) is 5.75 Å². The van der Waals surface area contributed by atoms with Crippen molar-refractivity contribution in [2.24, 2.45) is 0 Å². The minimum atomic E-state index is -0.349. The fraction of sp³-hybridized carbons (Fsp3) is 0.292. The molecule has 8 heteroatoms. The van der Waals surface area contributed by atoms with Gasteiger partial charge in [-0.3, -0.25) is 9.78 Å². The van der Waals surface area contributed by atoms with Gasteiger partial charge < -0.3 is 24.1 Å². The van der Waals surface area contributed by atoms with Crippen LogP contribution in [0.25, 0.3) is 11.3 Å². The predicted octanol–water partition coefficient (Wildman–Crippen LogP) is 4.28. The molecule has 1 aliphatic rings. The van der Waals surface area contributed by atoms with Crippen LogP contribution >= 0.6 is 12.2 Å². The fourth-order valence-electron chi connectivity index (χ4n) is 3.78. The normalized spacial score (nSPS) is 17.8. The standard InChI is InChI=1S/C24H25N3O4S/c1-3-29-17-10-8-16(9-11-17)19-12-13-20(31-19)23-22(18-7-5-6-14-25-18)26-24(32)27(23)15-21(28)30-4-2/h5-14,22-23H,3-4,15H2,1-2H3,(H,26,32)/t22-,23-/m1/s1. The maximum absolute atomic E-state index is 12.3. The van der Waals surface area contributed by atoms with Crippen molar-refractivity contribution in [3.63, 3.8) is 0 Å². The number of nitrogens with zero attached hydrogens (tertiary/aromatic N) is 2. The van der Waals surface area contributed by atoms with Crippen molar-refractivity contribution in [3.8, 4) is 17.1 Å². The van der Waals surface area contributed by atoms with Crippen molar-refractivity contribution >= 4 is 23.3 Å². The van der Waals surface area contributed by atoms with E-state index in [0.29, 0.717) is 24.1 Å². The summed E-state index contributed by atoms with van der Waals surface area (Å²) >= 11 is 5.56. The number of carbonyl (C=O) groups is 1. The Kier molecular flexibility index (Phi) is 6.70. The Morgan fingerprint density at radius 3 is 2.62 bits per heavy atom. The van der Waals surface area contributed by atoms with Crippen LogP contribution in [-0.4, -0.2) is 40.7 Å². The zero-order valence-electron chi connectivity index (χ0n) is 18.0. The Morgan fingerprint density at radius 1 is 1.12 bits per heavy atom. The van der Waals surface area contributed by atoms with Gasteiger partial charge in [0.05, 0.1) is 24.9 Å². The number of hydrogen-bond acceptors (Lipinski definition) is 6. The molecular formula is C24H25N3O4S. The van der Waals surface area contributed by atoms with Crippen LogP contribution in [0, 0.1) is 0 Å². The predicted molar refractivity (Wildman–Crippen MR) is 124 cm³/mol. The zero-order valence-corrected chi connectivity index (χ0v) is 18.8. The van der Waals surface area contributed by atoms with Crippen molar-refractivity contribution < 1.29 is 18.7 Å². The van der Waals surface area contributed by atoms with Gasteiger partial charge in [-0.2, -0.15) is 0 Å². The van der Waals surface area contributed by atoms with Gasteiger partial charge in [0.2, 0.25) is 0 Å². The molecular weight excluding hydrogens is 426 g/mol. The Bertz CT molecular complexity index is 1070. The molecule has 2 aromatic heterocycles. The van der Waals surface area contributed by atoms with Crippen LogP contribution in [-0.2, 0) is 9.53 Å². The molecule has 0 saturated carbocycles. The van der Waals surface area contributed by atoms with E-state index in [1.54, 1.807) is 18.0 Å². The van der Waals surface area contributed by atoms with Gasteiger partial charge in [-0.1, -0.05) is 6.07 Å². The van der Waals surface area contributed by atoms with Gasteiger partial charge >= 0.3 is 5.97 Å². The number of hydrogen-bond donors (Lipinski definition) is 1. The largest absolute Gasteiger partial charge is 0.494 e. The molecule has 0 unspecified atom stereocenters. The van der Waals surface area contributed by atoms with E-state index < -0.39 is 0 Å². The lowest BCUT2D eigenvalue weighted by Crippen LogP contribution is -2.35. The highest BCUT2D eigenvalue weighted by atomic mass is 32.1. The summed E-state index contributed by atoms with van der Waals surface area (Å²) in [7, 11) is 0. The average molecular weight is 452 g/mol. The summed E-state index contributed by atoms with van der Waals surface area (Å²) in [5.74, 6) is 1.86. The fourth-order valence-corrected chi connectivity index (χ4v) is 4.08. The van der Waals surface area contributed by atoms with Crippen molar-refractivity contribution in [2.45, 2.75) is 25.9 Å². The molecule has 1 aromatic carbocycles. The number of pyridine rings is 1. The van der Waals surface area contributed by atoms with E-state index in [9.17, 15) is 4.79 Å². The van der Waals surface area contributed by atoms with Crippen LogP contribution in [0.3, 0.4) is 0 Å². The summed E-state index contributed by atoms with van der Waals surface area (Å²) in [6.07, 6.45) is 1.73. The number of esters is 1. The lowest BCUT2D eigenvalue weighted by Gasteiger charge is -2.25. The summed E-state index contributed by atoms with van der Waals surface area (Å²) in [5.41, 5.74) is 1.74. The van der Waals surface area contributed by atoms with E-state index in [1.165, 1.54) is 0 Å². The molecule has 1 fully saturated rings. The van der Waals surface area contributed by atoms with E-state index >= 15 is 0 Å². The second kappa shape index (κ2) is 9.82. The molecule has 0 spiro atoms. The second-order valence-electron chi connectivity index (χ2n) is 7.22. The van der Waals surface area contributed by atoms with Crippen LogP contribution in [0.2, 0.25) is 0 Å². The third-order valence-corrected chi connectivity index (χ3v) is 5.52. The second-order valence-corrected chi connectivity index (χ2v) is 7.61. The molecule has 0 bridgehead atoms. The summed E-state index contributed by atoms with van der Waals surface area (Å²) in [6.45, 7) is 4.68. The van der Waals surface area contributed by atoms with E-state index in [0.717, 1.165) is 22.8 Å². The number of carbonyl (C=O) groups excluding carboxylic acids is 1. The first-order chi connectivity index (χ1) is 15.6. The quantitative estimate of drug-likeness (QED) is 0.402. The van der Waals surface area contributed by atoms with Crippen molar-refractivity contribution in [1.82, 2.24) is 15.2 Å². The molecule has 1 saturated heterocycles. The highest BCUT2D eigenvalue weighted by Gasteiger charge is 2.42. The van der Waals surface area contributed by atoms with Gasteiger partial charge in [0, 0.05) is 11.8 Å². The molecule has 0 radical (unpaired) electrons. The van der Waals surface area contributed by atoms with E-state index in [4.69, 9.17) is 26.1 Å². The summed E-state index contributed by atoms with van der Waals surface area (Å²) in [4.78, 5) is 18.6. The third kappa shape index (κ3) is 4.60. The smallest absolute Gasteiger partial charge is 0.325 e. The first-order valence-corrected chi connectivity index (χ1v) is 11.0. The van der Waals surface area contributed by atoms with Gasteiger partial charge in [0.25, 0.3) is 0 Å². The maximum Gasteiger partial charge on any atom is 0.325 e. The molecule has 0 amide bonds. The Labute approximate surface area is 192 Å². The summed E-state index contributed by atoms with van der Waals surface area (Å²) < 4.78 is 16.9. The van der Waals surface area contributed by atoms with Crippen LogP contribution in [0.15, 0.2) is 65.2 Å². The molecule has 1 N–H and O–H groups in total. The molecule has 0 aliphatic carbocycles. The summed E-state index contributed by atoms with van der Waals surface area (Å²) in [5, 5.41) is 3.75. The molecule has 1 aliphatic heterocycles. The molecule has 2 atom stereocenters. The van der Waals surface area contributed by atoms with E-state index in [2.05, 4.69) is 10.3 Å². The van der Waals surface area contributed by atoms with Crippen molar-refractivity contribution in [3.05, 3.63) is 72.2 Å². The molecule has 32 heavy (non-hydrogen) atoms. The SMILES string of the molecule is CCOC(=O)CN1C(=S)N[C@H](c2ccccn2)[C@H]1c1ccc(-c2ccc(OCC)cc2)o1. The average Bonchev–Trinajstić information content (AvgIpc) is 3.40.